The van der Waals surface area contributed by atoms with Crippen LogP contribution in [0.4, 0.5) is 5.69 Å². The van der Waals surface area contributed by atoms with E-state index in [2.05, 4.69) is 11.4 Å². The summed E-state index contributed by atoms with van der Waals surface area (Å²) in [7, 11) is 0. The van der Waals surface area contributed by atoms with Crippen LogP contribution in [0.3, 0.4) is 0 Å². The van der Waals surface area contributed by atoms with Gasteiger partial charge in [0, 0.05) is 4.88 Å². The number of benzene rings is 2. The van der Waals surface area contributed by atoms with Gasteiger partial charge in [-0.25, -0.2) is 0 Å². The van der Waals surface area contributed by atoms with Gasteiger partial charge < -0.3 is 10.5 Å². The average molecular weight is 281 g/mol. The van der Waals surface area contributed by atoms with E-state index in [-0.39, 0.29) is 0 Å². The smallest absolute Gasteiger partial charge is 0.142 e. The molecule has 0 amide bonds. The summed E-state index contributed by atoms with van der Waals surface area (Å²) in [6.45, 7) is 0.531. The third-order valence-corrected chi connectivity index (χ3v) is 3.97. The lowest BCUT2D eigenvalue weighted by Crippen LogP contribution is -1.98. The van der Waals surface area contributed by atoms with E-state index in [1.807, 2.05) is 54.6 Å². The Labute approximate surface area is 122 Å². The predicted molar refractivity (Wildman–Crippen MR) is 84.9 cm³/mol. The lowest BCUT2D eigenvalue weighted by molar-refractivity contribution is 0.308. The molecule has 0 aliphatic rings. The minimum absolute atomic E-state index is 0.531. The van der Waals surface area contributed by atoms with Crippen LogP contribution in [-0.4, -0.2) is 0 Å². The van der Waals surface area contributed by atoms with Crippen LogP contribution >= 0.6 is 11.3 Å². The second kappa shape index (κ2) is 5.80. The van der Waals surface area contributed by atoms with Gasteiger partial charge in [-0.05, 0) is 40.8 Å². The summed E-state index contributed by atoms with van der Waals surface area (Å²) >= 11 is 1.70. The lowest BCUT2D eigenvalue weighted by atomic mass is 10.1. The molecular weight excluding hydrogens is 266 g/mol. The first-order valence-electron chi connectivity index (χ1n) is 6.43. The van der Waals surface area contributed by atoms with Crippen molar-refractivity contribution in [3.63, 3.8) is 0 Å². The van der Waals surface area contributed by atoms with E-state index in [0.717, 1.165) is 16.9 Å². The van der Waals surface area contributed by atoms with Crippen molar-refractivity contribution in [1.29, 1.82) is 0 Å². The second-order valence-corrected chi connectivity index (χ2v) is 5.45. The molecule has 0 bridgehead atoms. The summed E-state index contributed by atoms with van der Waals surface area (Å²) in [5.41, 5.74) is 9.01. The Balaban J connectivity index is 1.75. The minimum atomic E-state index is 0.531. The Hall–Kier alpha value is -2.26. The summed E-state index contributed by atoms with van der Waals surface area (Å²) < 4.78 is 5.77. The molecule has 1 aromatic heterocycles. The molecule has 0 fully saturated rings. The second-order valence-electron chi connectivity index (χ2n) is 4.50. The molecule has 20 heavy (non-hydrogen) atoms. The predicted octanol–water partition coefficient (Wildman–Crippen LogP) is 4.58. The molecule has 3 rings (SSSR count). The van der Waals surface area contributed by atoms with Crippen LogP contribution in [0.25, 0.3) is 10.4 Å². The molecule has 0 aliphatic heterocycles. The molecule has 100 valence electrons. The van der Waals surface area contributed by atoms with Crippen molar-refractivity contribution in [1.82, 2.24) is 0 Å². The highest BCUT2D eigenvalue weighted by atomic mass is 32.1. The fourth-order valence-electron chi connectivity index (χ4n) is 2.01. The maximum absolute atomic E-state index is 6.07. The number of anilines is 1. The number of hydrogen-bond donors (Lipinski definition) is 1. The van der Waals surface area contributed by atoms with Crippen molar-refractivity contribution in [2.75, 3.05) is 5.73 Å². The van der Waals surface area contributed by atoms with Gasteiger partial charge in [0.05, 0.1) is 5.69 Å². The highest BCUT2D eigenvalue weighted by Crippen LogP contribution is 2.31. The monoisotopic (exact) mass is 281 g/mol. The molecule has 0 atom stereocenters. The van der Waals surface area contributed by atoms with Gasteiger partial charge in [0.2, 0.25) is 0 Å². The first-order valence-corrected chi connectivity index (χ1v) is 7.31. The van der Waals surface area contributed by atoms with E-state index in [1.165, 1.54) is 4.88 Å². The molecule has 0 unspecified atom stereocenters. The zero-order chi connectivity index (χ0) is 13.8. The molecule has 0 aliphatic carbocycles. The molecule has 2 nitrogen and oxygen atoms in total. The van der Waals surface area contributed by atoms with Gasteiger partial charge in [0.1, 0.15) is 12.4 Å². The zero-order valence-corrected chi connectivity index (χ0v) is 11.8. The molecule has 3 aromatic rings. The zero-order valence-electron chi connectivity index (χ0n) is 11.0. The Kier molecular flexibility index (Phi) is 3.70. The lowest BCUT2D eigenvalue weighted by Gasteiger charge is -2.10. The molecule has 0 radical (unpaired) electrons. The minimum Gasteiger partial charge on any atom is -0.487 e. The Morgan fingerprint density at radius 3 is 2.50 bits per heavy atom. The van der Waals surface area contributed by atoms with Gasteiger partial charge in [-0.2, -0.15) is 0 Å². The number of nitrogen functional groups attached to an aromatic ring is 1. The van der Waals surface area contributed by atoms with Gasteiger partial charge in [-0.1, -0.05) is 36.4 Å². The van der Waals surface area contributed by atoms with Crippen LogP contribution < -0.4 is 10.5 Å². The van der Waals surface area contributed by atoms with Crippen LogP contribution in [0, 0.1) is 0 Å². The SMILES string of the molecule is Nc1cc(-c2cccs2)ccc1OCc1ccccc1. The first kappa shape index (κ1) is 12.8. The van der Waals surface area contributed by atoms with E-state index < -0.39 is 0 Å². The fourth-order valence-corrected chi connectivity index (χ4v) is 2.74. The van der Waals surface area contributed by atoms with Gasteiger partial charge in [0.25, 0.3) is 0 Å². The third kappa shape index (κ3) is 2.83. The summed E-state index contributed by atoms with van der Waals surface area (Å²) in [5.74, 6) is 0.731. The maximum Gasteiger partial charge on any atom is 0.142 e. The van der Waals surface area contributed by atoms with E-state index in [0.29, 0.717) is 12.3 Å². The Bertz CT molecular complexity index is 677. The average Bonchev–Trinajstić information content (AvgIpc) is 3.01. The summed E-state index contributed by atoms with van der Waals surface area (Å²) in [5, 5.41) is 2.06. The number of nitrogens with two attached hydrogens (primary N) is 1. The van der Waals surface area contributed by atoms with Crippen LogP contribution in [0.5, 0.6) is 5.75 Å². The van der Waals surface area contributed by atoms with Crippen molar-refractivity contribution < 1.29 is 4.74 Å². The quantitative estimate of drug-likeness (QED) is 0.711. The van der Waals surface area contributed by atoms with Gasteiger partial charge in [-0.15, -0.1) is 11.3 Å². The van der Waals surface area contributed by atoms with Crippen molar-refractivity contribution >= 4 is 17.0 Å². The molecule has 1 heterocycles. The Morgan fingerprint density at radius 1 is 0.950 bits per heavy atom. The topological polar surface area (TPSA) is 35.2 Å². The normalized spacial score (nSPS) is 10.4. The molecule has 2 aromatic carbocycles. The highest BCUT2D eigenvalue weighted by Gasteiger charge is 2.05. The first-order chi connectivity index (χ1) is 9.83. The van der Waals surface area contributed by atoms with Crippen LogP contribution in [0.1, 0.15) is 5.56 Å². The van der Waals surface area contributed by atoms with Crippen LogP contribution in [0.2, 0.25) is 0 Å². The van der Waals surface area contributed by atoms with Gasteiger partial charge in [0.15, 0.2) is 0 Å². The number of rotatable bonds is 4. The Morgan fingerprint density at radius 2 is 1.80 bits per heavy atom. The largest absolute Gasteiger partial charge is 0.487 e. The fraction of sp³-hybridized carbons (Fsp3) is 0.0588. The highest BCUT2D eigenvalue weighted by molar-refractivity contribution is 7.13. The standard InChI is InChI=1S/C17H15NOS/c18-15-11-14(17-7-4-10-20-17)8-9-16(15)19-12-13-5-2-1-3-6-13/h1-11H,12,18H2. The summed E-state index contributed by atoms with van der Waals surface area (Å²) in [6.07, 6.45) is 0. The maximum atomic E-state index is 6.07. The van der Waals surface area contributed by atoms with E-state index in [1.54, 1.807) is 11.3 Å². The summed E-state index contributed by atoms with van der Waals surface area (Å²) in [4.78, 5) is 1.21. The summed E-state index contributed by atoms with van der Waals surface area (Å²) in [6, 6.07) is 20.1. The van der Waals surface area contributed by atoms with Crippen LogP contribution in [-0.2, 0) is 6.61 Å². The van der Waals surface area contributed by atoms with E-state index >= 15 is 0 Å². The molecule has 0 saturated heterocycles. The number of thiophene rings is 1. The third-order valence-electron chi connectivity index (χ3n) is 3.05. The van der Waals surface area contributed by atoms with Crippen molar-refractivity contribution in [2.45, 2.75) is 6.61 Å². The van der Waals surface area contributed by atoms with Crippen LogP contribution in [0.15, 0.2) is 66.0 Å². The molecule has 3 heteroatoms. The van der Waals surface area contributed by atoms with Gasteiger partial charge >= 0.3 is 0 Å². The number of ether oxygens (including phenoxy) is 1. The molecule has 0 spiro atoms. The molecule has 0 saturated carbocycles. The van der Waals surface area contributed by atoms with Crippen molar-refractivity contribution in [3.05, 3.63) is 71.6 Å². The number of hydrogen-bond acceptors (Lipinski definition) is 3. The van der Waals surface area contributed by atoms with E-state index in [9.17, 15) is 0 Å². The van der Waals surface area contributed by atoms with Gasteiger partial charge in [-0.3, -0.25) is 0 Å². The van der Waals surface area contributed by atoms with Crippen molar-refractivity contribution in [3.8, 4) is 16.2 Å². The van der Waals surface area contributed by atoms with Crippen molar-refractivity contribution in [2.24, 2.45) is 0 Å². The van der Waals surface area contributed by atoms with E-state index in [4.69, 9.17) is 10.5 Å². The molecule has 2 N–H and O–H groups in total. The molecular formula is C17H15NOS.